The monoisotopic (exact) mass is 451 g/mol. The van der Waals surface area contributed by atoms with Gasteiger partial charge in [0.1, 0.15) is 13.2 Å². The summed E-state index contributed by atoms with van der Waals surface area (Å²) < 4.78 is 12.0. The van der Waals surface area contributed by atoms with E-state index in [2.05, 4.69) is 27.9 Å². The topological polar surface area (TPSA) is 64.6 Å². The van der Waals surface area contributed by atoms with Gasteiger partial charge in [-0.05, 0) is 47.2 Å². The number of ketones is 1. The smallest absolute Gasteiger partial charge is 0.256 e. The third kappa shape index (κ3) is 3.95. The van der Waals surface area contributed by atoms with Gasteiger partial charge in [0.2, 0.25) is 0 Å². The van der Waals surface area contributed by atoms with Crippen LogP contribution in [0.4, 0.5) is 5.69 Å². The Kier molecular flexibility index (Phi) is 5.57. The quantitative estimate of drug-likeness (QED) is 0.544. The van der Waals surface area contributed by atoms with E-state index in [-0.39, 0.29) is 11.7 Å². The molecule has 0 spiro atoms. The molecule has 0 aliphatic carbocycles. The molecular weight excluding hydrogens is 433 g/mol. The zero-order valence-electron chi connectivity index (χ0n) is 13.8. The summed E-state index contributed by atoms with van der Waals surface area (Å²) in [6.07, 6.45) is 1.14. The lowest BCUT2D eigenvalue weighted by Crippen LogP contribution is -2.19. The highest BCUT2D eigenvalue weighted by Crippen LogP contribution is 2.36. The Morgan fingerprint density at radius 1 is 1.08 bits per heavy atom. The molecule has 1 N–H and O–H groups in total. The van der Waals surface area contributed by atoms with E-state index in [0.29, 0.717) is 47.9 Å². The number of benzene rings is 2. The van der Waals surface area contributed by atoms with E-state index in [4.69, 9.17) is 9.47 Å². The van der Waals surface area contributed by atoms with Gasteiger partial charge in [-0.3, -0.25) is 9.59 Å². The molecule has 0 saturated heterocycles. The van der Waals surface area contributed by atoms with Crippen LogP contribution in [-0.4, -0.2) is 24.9 Å². The Morgan fingerprint density at radius 2 is 1.76 bits per heavy atom. The highest BCUT2D eigenvalue weighted by atomic mass is 127. The van der Waals surface area contributed by atoms with Gasteiger partial charge in [0, 0.05) is 21.6 Å². The molecule has 1 heterocycles. The molecule has 5 nitrogen and oxygen atoms in total. The highest BCUT2D eigenvalue weighted by Gasteiger charge is 2.21. The molecule has 0 radical (unpaired) electrons. The fourth-order valence-electron chi connectivity index (χ4n) is 2.62. The number of nitrogens with one attached hydrogen (secondary N) is 1. The van der Waals surface area contributed by atoms with Gasteiger partial charge in [-0.1, -0.05) is 19.1 Å². The summed E-state index contributed by atoms with van der Waals surface area (Å²) >= 11 is 2.12. The van der Waals surface area contributed by atoms with Crippen molar-refractivity contribution in [2.45, 2.75) is 19.8 Å². The van der Waals surface area contributed by atoms with Crippen molar-refractivity contribution in [2.24, 2.45) is 0 Å². The lowest BCUT2D eigenvalue weighted by Gasteiger charge is -2.21. The van der Waals surface area contributed by atoms with Crippen molar-refractivity contribution in [1.82, 2.24) is 0 Å². The molecule has 1 aliphatic rings. The predicted octanol–water partition coefficient (Wildman–Crippen LogP) is 4.30. The minimum absolute atomic E-state index is 0.0301. The predicted molar refractivity (Wildman–Crippen MR) is 104 cm³/mol. The first-order valence-corrected chi connectivity index (χ1v) is 9.20. The van der Waals surface area contributed by atoms with E-state index < -0.39 is 0 Å². The summed E-state index contributed by atoms with van der Waals surface area (Å²) in [6.45, 7) is 2.84. The van der Waals surface area contributed by atoms with E-state index in [1.54, 1.807) is 18.2 Å². The van der Waals surface area contributed by atoms with Crippen LogP contribution >= 0.6 is 22.6 Å². The molecule has 130 valence electrons. The van der Waals surface area contributed by atoms with Crippen LogP contribution in [0.3, 0.4) is 0 Å². The number of Topliss-reactive ketones (excluding diaryl/α,β-unsaturated/α-hetero) is 1. The molecule has 0 bridgehead atoms. The van der Waals surface area contributed by atoms with Crippen LogP contribution in [0.5, 0.6) is 11.5 Å². The fraction of sp³-hybridized carbons (Fsp3) is 0.263. The van der Waals surface area contributed by atoms with Crippen molar-refractivity contribution >= 4 is 40.0 Å². The normalized spacial score (nSPS) is 12.6. The van der Waals surface area contributed by atoms with E-state index in [9.17, 15) is 9.59 Å². The van der Waals surface area contributed by atoms with Crippen molar-refractivity contribution in [3.63, 3.8) is 0 Å². The number of carbonyl (C=O) groups excluding carboxylic acids is 2. The molecular formula is C19H18INO4. The van der Waals surface area contributed by atoms with Crippen LogP contribution in [-0.2, 0) is 0 Å². The SMILES string of the molecule is CCCC(=O)c1cc2c(cc1NC(=O)c1ccccc1I)OCCO2. The Balaban J connectivity index is 1.97. The summed E-state index contributed by atoms with van der Waals surface area (Å²) in [5.41, 5.74) is 1.46. The lowest BCUT2D eigenvalue weighted by molar-refractivity contribution is 0.0981. The third-order valence-electron chi connectivity index (χ3n) is 3.83. The maximum atomic E-state index is 12.6. The Bertz CT molecular complexity index is 819. The van der Waals surface area contributed by atoms with E-state index in [1.165, 1.54) is 0 Å². The number of rotatable bonds is 5. The molecule has 1 amide bonds. The minimum Gasteiger partial charge on any atom is -0.486 e. The molecule has 2 aromatic carbocycles. The average Bonchev–Trinajstić information content (AvgIpc) is 2.61. The number of fused-ring (bicyclic) bond motifs is 1. The number of hydrogen-bond donors (Lipinski definition) is 1. The third-order valence-corrected chi connectivity index (χ3v) is 4.77. The average molecular weight is 451 g/mol. The van der Waals surface area contributed by atoms with Gasteiger partial charge in [-0.25, -0.2) is 0 Å². The molecule has 1 aliphatic heterocycles. The first kappa shape index (κ1) is 17.7. The maximum absolute atomic E-state index is 12.6. The van der Waals surface area contributed by atoms with Gasteiger partial charge in [-0.15, -0.1) is 0 Å². The molecule has 0 saturated carbocycles. The first-order valence-electron chi connectivity index (χ1n) is 8.13. The van der Waals surface area contributed by atoms with E-state index in [0.717, 1.165) is 9.99 Å². The summed E-state index contributed by atoms with van der Waals surface area (Å²) in [7, 11) is 0. The van der Waals surface area contributed by atoms with Crippen molar-refractivity contribution in [1.29, 1.82) is 0 Å². The summed E-state index contributed by atoms with van der Waals surface area (Å²) in [6, 6.07) is 10.6. The highest BCUT2D eigenvalue weighted by molar-refractivity contribution is 14.1. The molecule has 0 atom stereocenters. The van der Waals surface area contributed by atoms with Gasteiger partial charge >= 0.3 is 0 Å². The standard InChI is InChI=1S/C19H18INO4/c1-2-5-16(22)13-10-17-18(25-9-8-24-17)11-15(13)21-19(23)12-6-3-4-7-14(12)20/h3-4,6-7,10-11H,2,5,8-9H2,1H3,(H,21,23). The zero-order chi connectivity index (χ0) is 17.8. The number of ether oxygens (including phenoxy) is 2. The second kappa shape index (κ2) is 7.86. The van der Waals surface area contributed by atoms with Crippen LogP contribution in [0.25, 0.3) is 0 Å². The molecule has 3 rings (SSSR count). The van der Waals surface area contributed by atoms with Crippen molar-refractivity contribution in [3.05, 3.63) is 51.1 Å². The molecule has 6 heteroatoms. The molecule has 2 aromatic rings. The van der Waals surface area contributed by atoms with Gasteiger partial charge < -0.3 is 14.8 Å². The molecule has 0 unspecified atom stereocenters. The summed E-state index contributed by atoms with van der Waals surface area (Å²) in [5.74, 6) is 0.792. The molecule has 0 aromatic heterocycles. The number of anilines is 1. The van der Waals surface area contributed by atoms with Crippen LogP contribution in [0.2, 0.25) is 0 Å². The molecule has 0 fully saturated rings. The van der Waals surface area contributed by atoms with E-state index >= 15 is 0 Å². The second-order valence-electron chi connectivity index (χ2n) is 5.65. The van der Waals surface area contributed by atoms with Crippen molar-refractivity contribution in [2.75, 3.05) is 18.5 Å². The number of halogens is 1. The number of hydrogen-bond acceptors (Lipinski definition) is 4. The Labute approximate surface area is 159 Å². The van der Waals surface area contributed by atoms with Crippen molar-refractivity contribution < 1.29 is 19.1 Å². The molecule has 25 heavy (non-hydrogen) atoms. The van der Waals surface area contributed by atoms with Gasteiger partial charge in [0.15, 0.2) is 17.3 Å². The van der Waals surface area contributed by atoms with Crippen LogP contribution in [0, 0.1) is 3.57 Å². The van der Waals surface area contributed by atoms with Gasteiger partial charge in [0.25, 0.3) is 5.91 Å². The second-order valence-corrected chi connectivity index (χ2v) is 6.81. The Hall–Kier alpha value is -2.09. The zero-order valence-corrected chi connectivity index (χ0v) is 16.0. The van der Waals surface area contributed by atoms with Crippen LogP contribution in [0.1, 0.15) is 40.5 Å². The van der Waals surface area contributed by atoms with Crippen molar-refractivity contribution in [3.8, 4) is 11.5 Å². The summed E-state index contributed by atoms with van der Waals surface area (Å²) in [4.78, 5) is 25.1. The number of amides is 1. The lowest BCUT2D eigenvalue weighted by atomic mass is 10.0. The van der Waals surface area contributed by atoms with Crippen LogP contribution < -0.4 is 14.8 Å². The number of carbonyl (C=O) groups is 2. The Morgan fingerprint density at radius 3 is 2.44 bits per heavy atom. The fourth-order valence-corrected chi connectivity index (χ4v) is 3.25. The minimum atomic E-state index is -0.257. The van der Waals surface area contributed by atoms with Gasteiger partial charge in [0.05, 0.1) is 11.3 Å². The summed E-state index contributed by atoms with van der Waals surface area (Å²) in [5, 5.41) is 2.86. The van der Waals surface area contributed by atoms with E-state index in [1.807, 2.05) is 25.1 Å². The van der Waals surface area contributed by atoms with Gasteiger partial charge in [-0.2, -0.15) is 0 Å². The maximum Gasteiger partial charge on any atom is 0.256 e. The largest absolute Gasteiger partial charge is 0.486 e. The first-order chi connectivity index (χ1) is 12.1. The van der Waals surface area contributed by atoms with Crippen LogP contribution in [0.15, 0.2) is 36.4 Å².